The lowest BCUT2D eigenvalue weighted by molar-refractivity contribution is 0.412. The van der Waals surface area contributed by atoms with Gasteiger partial charge in [-0.2, -0.15) is 5.10 Å². The number of ether oxygens (including phenoxy) is 1. The normalized spacial score (nSPS) is 12.4. The molecule has 0 saturated carbocycles. The molecular weight excluding hydrogens is 262 g/mol. The molecule has 0 aliphatic carbocycles. The van der Waals surface area contributed by atoms with E-state index in [0.717, 1.165) is 41.0 Å². The van der Waals surface area contributed by atoms with Crippen LogP contribution in [0.5, 0.6) is 5.75 Å². The smallest absolute Gasteiger partial charge is 0.129 e. The van der Waals surface area contributed by atoms with E-state index < -0.39 is 0 Å². The molecule has 114 valence electrons. The molecule has 1 heterocycles. The summed E-state index contributed by atoms with van der Waals surface area (Å²) in [6, 6.07) is 6.20. The lowest BCUT2D eigenvalue weighted by atomic mass is 9.94. The van der Waals surface area contributed by atoms with Crippen molar-refractivity contribution in [1.82, 2.24) is 9.78 Å². The van der Waals surface area contributed by atoms with Gasteiger partial charge in [-0.1, -0.05) is 32.4 Å². The molecule has 2 aromatic rings. The Morgan fingerprint density at radius 1 is 1.38 bits per heavy atom. The Morgan fingerprint density at radius 3 is 2.71 bits per heavy atom. The fraction of sp³-hybridized carbons (Fsp3) is 0.471. The fourth-order valence-electron chi connectivity index (χ4n) is 2.74. The fourth-order valence-corrected chi connectivity index (χ4v) is 2.74. The van der Waals surface area contributed by atoms with Gasteiger partial charge in [0.05, 0.1) is 12.8 Å². The van der Waals surface area contributed by atoms with E-state index in [2.05, 4.69) is 31.1 Å². The van der Waals surface area contributed by atoms with E-state index in [1.54, 1.807) is 11.8 Å². The zero-order valence-electron chi connectivity index (χ0n) is 13.6. The van der Waals surface area contributed by atoms with Crippen LogP contribution in [0, 0.1) is 6.92 Å². The molecule has 2 rings (SSSR count). The molecule has 0 spiro atoms. The highest BCUT2D eigenvalue weighted by Gasteiger charge is 2.20. The van der Waals surface area contributed by atoms with Gasteiger partial charge in [-0.05, 0) is 30.5 Å². The highest BCUT2D eigenvalue weighted by molar-refractivity contribution is 5.78. The second-order valence-corrected chi connectivity index (χ2v) is 5.64. The van der Waals surface area contributed by atoms with Crippen LogP contribution in [0.4, 0.5) is 5.82 Å². The van der Waals surface area contributed by atoms with Gasteiger partial charge in [-0.15, -0.1) is 0 Å². The second kappa shape index (κ2) is 6.20. The van der Waals surface area contributed by atoms with Gasteiger partial charge < -0.3 is 10.5 Å². The van der Waals surface area contributed by atoms with Crippen LogP contribution >= 0.6 is 0 Å². The number of nitrogen functional groups attached to an aromatic ring is 1. The van der Waals surface area contributed by atoms with Gasteiger partial charge in [0.25, 0.3) is 0 Å². The Hall–Kier alpha value is -1.97. The Morgan fingerprint density at radius 2 is 2.10 bits per heavy atom. The topological polar surface area (TPSA) is 53.1 Å². The number of anilines is 1. The molecule has 1 atom stereocenters. The molecule has 0 saturated heterocycles. The van der Waals surface area contributed by atoms with Crippen molar-refractivity contribution in [2.75, 3.05) is 12.8 Å². The lowest BCUT2D eigenvalue weighted by Gasteiger charge is -2.12. The van der Waals surface area contributed by atoms with E-state index in [1.807, 2.05) is 20.0 Å². The number of aromatic nitrogens is 2. The summed E-state index contributed by atoms with van der Waals surface area (Å²) in [5.41, 5.74) is 10.6. The van der Waals surface area contributed by atoms with Gasteiger partial charge in [0.15, 0.2) is 0 Å². The van der Waals surface area contributed by atoms with Crippen LogP contribution in [0.15, 0.2) is 18.2 Å². The van der Waals surface area contributed by atoms with E-state index in [-0.39, 0.29) is 0 Å². The largest absolute Gasteiger partial charge is 0.496 e. The number of benzene rings is 1. The van der Waals surface area contributed by atoms with Crippen LogP contribution < -0.4 is 10.5 Å². The molecule has 1 aromatic carbocycles. The van der Waals surface area contributed by atoms with Gasteiger partial charge in [0, 0.05) is 18.5 Å². The average Bonchev–Trinajstić information content (AvgIpc) is 2.76. The number of aryl methyl sites for hydroxylation is 2. The number of rotatable bonds is 5. The number of methoxy groups -OCH3 is 1. The third-order valence-corrected chi connectivity index (χ3v) is 4.00. The number of hydrogen-bond donors (Lipinski definition) is 1. The Kier molecular flexibility index (Phi) is 4.56. The standard InChI is InChI=1S/C17H25N3O/c1-6-7-12(3)16-15(17(18)20(4)19-16)13-9-8-11(2)14(10-13)21-5/h8-10,12H,6-7,18H2,1-5H3. The minimum Gasteiger partial charge on any atom is -0.496 e. The van der Waals surface area contributed by atoms with Crippen LogP contribution in [0.2, 0.25) is 0 Å². The zero-order chi connectivity index (χ0) is 15.6. The van der Waals surface area contributed by atoms with E-state index in [0.29, 0.717) is 11.7 Å². The van der Waals surface area contributed by atoms with Gasteiger partial charge in [0.1, 0.15) is 11.6 Å². The molecule has 0 bridgehead atoms. The zero-order valence-corrected chi connectivity index (χ0v) is 13.6. The molecule has 0 radical (unpaired) electrons. The molecule has 1 unspecified atom stereocenters. The number of hydrogen-bond acceptors (Lipinski definition) is 3. The summed E-state index contributed by atoms with van der Waals surface area (Å²) < 4.78 is 7.20. The van der Waals surface area contributed by atoms with Gasteiger partial charge >= 0.3 is 0 Å². The maximum absolute atomic E-state index is 6.26. The van der Waals surface area contributed by atoms with Crippen molar-refractivity contribution >= 4 is 5.82 Å². The lowest BCUT2D eigenvalue weighted by Crippen LogP contribution is -1.98. The van der Waals surface area contributed by atoms with Crippen molar-refractivity contribution in [2.45, 2.75) is 39.5 Å². The second-order valence-electron chi connectivity index (χ2n) is 5.64. The van der Waals surface area contributed by atoms with Crippen molar-refractivity contribution in [1.29, 1.82) is 0 Å². The predicted molar refractivity (Wildman–Crippen MR) is 87.7 cm³/mol. The summed E-state index contributed by atoms with van der Waals surface area (Å²) in [6.45, 7) is 6.44. The summed E-state index contributed by atoms with van der Waals surface area (Å²) in [4.78, 5) is 0. The van der Waals surface area contributed by atoms with Crippen molar-refractivity contribution in [3.8, 4) is 16.9 Å². The van der Waals surface area contributed by atoms with Crippen molar-refractivity contribution < 1.29 is 4.74 Å². The predicted octanol–water partition coefficient (Wildman–Crippen LogP) is 3.89. The van der Waals surface area contributed by atoms with E-state index >= 15 is 0 Å². The highest BCUT2D eigenvalue weighted by Crippen LogP contribution is 2.37. The minimum atomic E-state index is 0.390. The minimum absolute atomic E-state index is 0.390. The summed E-state index contributed by atoms with van der Waals surface area (Å²) in [6.07, 6.45) is 2.24. The van der Waals surface area contributed by atoms with Gasteiger partial charge in [-0.3, -0.25) is 4.68 Å². The monoisotopic (exact) mass is 287 g/mol. The van der Waals surface area contributed by atoms with E-state index in [9.17, 15) is 0 Å². The molecule has 4 nitrogen and oxygen atoms in total. The maximum atomic E-state index is 6.26. The Labute approximate surface area is 126 Å². The summed E-state index contributed by atoms with van der Waals surface area (Å²) in [5.74, 6) is 1.98. The molecule has 1 aromatic heterocycles. The molecule has 0 fully saturated rings. The van der Waals surface area contributed by atoms with Crippen molar-refractivity contribution in [3.05, 3.63) is 29.5 Å². The third kappa shape index (κ3) is 2.89. The highest BCUT2D eigenvalue weighted by atomic mass is 16.5. The molecule has 21 heavy (non-hydrogen) atoms. The summed E-state index contributed by atoms with van der Waals surface area (Å²) in [7, 11) is 3.59. The first kappa shape index (κ1) is 15.4. The quantitative estimate of drug-likeness (QED) is 0.907. The first-order chi connectivity index (χ1) is 9.99. The molecule has 0 aliphatic rings. The van der Waals surface area contributed by atoms with E-state index in [4.69, 9.17) is 10.5 Å². The van der Waals surface area contributed by atoms with Crippen molar-refractivity contribution in [3.63, 3.8) is 0 Å². The van der Waals surface area contributed by atoms with Crippen molar-refractivity contribution in [2.24, 2.45) is 7.05 Å². The molecule has 0 aliphatic heterocycles. The maximum Gasteiger partial charge on any atom is 0.129 e. The van der Waals surface area contributed by atoms with Crippen LogP contribution in [-0.4, -0.2) is 16.9 Å². The Balaban J connectivity index is 2.57. The number of nitrogens with zero attached hydrogens (tertiary/aromatic N) is 2. The van der Waals surface area contributed by atoms with E-state index in [1.165, 1.54) is 0 Å². The van der Waals surface area contributed by atoms with Crippen LogP contribution in [0.25, 0.3) is 11.1 Å². The first-order valence-corrected chi connectivity index (χ1v) is 7.46. The Bertz CT molecular complexity index is 631. The van der Waals surface area contributed by atoms with Crippen LogP contribution in [0.3, 0.4) is 0 Å². The summed E-state index contributed by atoms with van der Waals surface area (Å²) in [5, 5.41) is 4.63. The van der Waals surface area contributed by atoms with Crippen LogP contribution in [0.1, 0.15) is 43.9 Å². The SMILES string of the molecule is CCCC(C)c1nn(C)c(N)c1-c1ccc(C)c(OC)c1. The molecular formula is C17H25N3O. The summed E-state index contributed by atoms with van der Waals surface area (Å²) >= 11 is 0. The first-order valence-electron chi connectivity index (χ1n) is 7.46. The van der Waals surface area contributed by atoms with Crippen LogP contribution in [-0.2, 0) is 7.05 Å². The van der Waals surface area contributed by atoms with Gasteiger partial charge in [0.2, 0.25) is 0 Å². The average molecular weight is 287 g/mol. The molecule has 0 amide bonds. The third-order valence-electron chi connectivity index (χ3n) is 4.00. The molecule has 2 N–H and O–H groups in total. The number of nitrogens with two attached hydrogens (primary N) is 1. The molecule has 4 heteroatoms. The van der Waals surface area contributed by atoms with Gasteiger partial charge in [-0.25, -0.2) is 0 Å².